The topological polar surface area (TPSA) is 153 Å². The number of alkyl carbamates (subject to hydrolysis) is 1. The summed E-state index contributed by atoms with van der Waals surface area (Å²) in [4.78, 5) is 12.9. The van der Waals surface area contributed by atoms with Crippen LogP contribution in [-0.4, -0.2) is 80.9 Å². The molecule has 1 aliphatic carbocycles. The maximum absolute atomic E-state index is 14.0. The Balaban J connectivity index is 1.37. The van der Waals surface area contributed by atoms with Gasteiger partial charge >= 0.3 is 6.09 Å². The molecule has 11 nitrogen and oxygen atoms in total. The molecule has 2 aliphatic heterocycles. The highest BCUT2D eigenvalue weighted by Crippen LogP contribution is 2.61. The summed E-state index contributed by atoms with van der Waals surface area (Å²) in [5, 5.41) is 14.0. The number of anilines is 1. The number of carbonyl (C=O) groups is 1. The molecule has 14 heteroatoms. The normalized spacial score (nSPS) is 25.8. The van der Waals surface area contributed by atoms with Crippen molar-refractivity contribution >= 4 is 21.8 Å². The predicted molar refractivity (Wildman–Crippen MR) is 146 cm³/mol. The average molecular weight is 612 g/mol. The Morgan fingerprint density at radius 3 is 2.64 bits per heavy atom. The van der Waals surface area contributed by atoms with Crippen LogP contribution in [0, 0.1) is 23.5 Å². The number of methoxy groups -OCH3 is 1. The van der Waals surface area contributed by atoms with E-state index in [1.165, 1.54) is 31.4 Å². The van der Waals surface area contributed by atoms with Gasteiger partial charge in [-0.3, -0.25) is 0 Å². The van der Waals surface area contributed by atoms with Gasteiger partial charge < -0.3 is 35.1 Å². The van der Waals surface area contributed by atoms with E-state index in [1.807, 2.05) is 13.8 Å². The molecule has 3 unspecified atom stereocenters. The van der Waals surface area contributed by atoms with Gasteiger partial charge in [-0.1, -0.05) is 19.9 Å². The van der Waals surface area contributed by atoms with E-state index in [1.54, 1.807) is 0 Å². The second kappa shape index (κ2) is 11.6. The smallest absolute Gasteiger partial charge is 0.407 e. The second-order valence-corrected chi connectivity index (χ2v) is 13.4. The summed E-state index contributed by atoms with van der Waals surface area (Å²) < 4.78 is 78.0. The molecule has 3 fully saturated rings. The molecule has 42 heavy (non-hydrogen) atoms. The summed E-state index contributed by atoms with van der Waals surface area (Å²) in [6.45, 7) is 3.65. The summed E-state index contributed by atoms with van der Waals surface area (Å²) >= 11 is 0. The molecule has 2 aromatic rings. The Morgan fingerprint density at radius 1 is 1.21 bits per heavy atom. The maximum Gasteiger partial charge on any atom is 0.407 e. The predicted octanol–water partition coefficient (Wildman–Crippen LogP) is 2.41. The van der Waals surface area contributed by atoms with E-state index >= 15 is 0 Å². The Bertz CT molecular complexity index is 1440. The highest BCUT2D eigenvalue weighted by molar-refractivity contribution is 7.89. The number of aliphatic hydroxyl groups is 1. The van der Waals surface area contributed by atoms with E-state index in [0.717, 1.165) is 16.4 Å². The molecule has 2 saturated heterocycles. The Labute approximate surface area is 242 Å². The summed E-state index contributed by atoms with van der Waals surface area (Å²) in [5.74, 6) is -2.12. The molecular weight excluding hydrogens is 576 g/mol. The van der Waals surface area contributed by atoms with Gasteiger partial charge in [-0.25, -0.2) is 22.0 Å². The number of nitrogens with one attached hydrogen (secondary N) is 1. The fourth-order valence-electron chi connectivity index (χ4n) is 5.63. The molecule has 1 spiro atoms. The van der Waals surface area contributed by atoms with Gasteiger partial charge in [0.2, 0.25) is 10.0 Å². The Hall–Kier alpha value is -3.04. The molecule has 230 valence electrons. The number of epoxide rings is 1. The number of halogens is 2. The molecule has 2 aromatic carbocycles. The molecule has 5 rings (SSSR count). The lowest BCUT2D eigenvalue weighted by atomic mass is 9.70. The van der Waals surface area contributed by atoms with E-state index < -0.39 is 64.4 Å². The summed E-state index contributed by atoms with van der Waals surface area (Å²) in [6.07, 6.45) is -2.67. The van der Waals surface area contributed by atoms with E-state index in [2.05, 4.69) is 5.32 Å². The van der Waals surface area contributed by atoms with Crippen molar-refractivity contribution in [1.29, 1.82) is 0 Å². The van der Waals surface area contributed by atoms with Crippen molar-refractivity contribution in [2.75, 3.05) is 32.5 Å². The van der Waals surface area contributed by atoms with Crippen LogP contribution >= 0.6 is 0 Å². The number of sulfonamides is 1. The summed E-state index contributed by atoms with van der Waals surface area (Å²) in [7, 11) is -2.80. The Morgan fingerprint density at radius 2 is 1.98 bits per heavy atom. The second-order valence-electron chi connectivity index (χ2n) is 11.4. The van der Waals surface area contributed by atoms with E-state index in [0.29, 0.717) is 13.0 Å². The standard InChI is InChI=1S/C28H35F2N3O8S/c1-15(2)12-33(42(36,37)18-5-7-21(31)24(10-18)38-3)13-23(34)22(9-16-4-6-19(29)20(30)8-16)32-27(35)40-25-17-11-28(25)26(41-28)39-14-17/h4-8,10,15,17,22-23,25-26,34H,9,11-14,31H2,1-3H3,(H,32,35)/t17?,22-,23+,25-,26?,28?/m0/s1. The molecule has 2 heterocycles. The number of fused-ring (bicyclic) bond motifs is 1. The van der Waals surface area contributed by atoms with Crippen LogP contribution < -0.4 is 15.8 Å². The SMILES string of the molecule is COc1cc(S(=O)(=O)N(CC(C)C)C[C@@H](O)[C@H](Cc2ccc(F)c(F)c2)NC(=O)O[C@H]2C3COC4OC42C3)ccc1N. The van der Waals surface area contributed by atoms with E-state index in [9.17, 15) is 27.1 Å². The molecule has 0 aromatic heterocycles. The number of ether oxygens (including phenoxy) is 4. The maximum atomic E-state index is 14.0. The van der Waals surface area contributed by atoms with Crippen LogP contribution in [0.5, 0.6) is 5.75 Å². The minimum atomic E-state index is -4.16. The number of nitrogens with zero attached hydrogens (tertiary/aromatic N) is 1. The average Bonchev–Trinajstić information content (AvgIpc) is 3.71. The molecule has 3 aliphatic rings. The van der Waals surface area contributed by atoms with Crippen molar-refractivity contribution in [2.24, 2.45) is 11.8 Å². The number of nitrogens with two attached hydrogens (primary N) is 1. The third-order valence-corrected chi connectivity index (χ3v) is 9.69. The molecule has 1 saturated carbocycles. The molecule has 0 radical (unpaired) electrons. The zero-order valence-corrected chi connectivity index (χ0v) is 24.3. The first-order valence-corrected chi connectivity index (χ1v) is 15.1. The quantitative estimate of drug-likeness (QED) is 0.243. The largest absolute Gasteiger partial charge is 0.495 e. The third-order valence-electron chi connectivity index (χ3n) is 7.86. The van der Waals surface area contributed by atoms with Crippen molar-refractivity contribution in [3.8, 4) is 5.75 Å². The number of rotatable bonds is 12. The zero-order valence-electron chi connectivity index (χ0n) is 23.5. The lowest BCUT2D eigenvalue weighted by Crippen LogP contribution is -2.60. The zero-order chi connectivity index (χ0) is 30.4. The van der Waals surface area contributed by atoms with Gasteiger partial charge in [0.25, 0.3) is 0 Å². The first-order valence-electron chi connectivity index (χ1n) is 13.7. The Kier molecular flexibility index (Phi) is 8.38. The van der Waals surface area contributed by atoms with Crippen molar-refractivity contribution in [3.05, 3.63) is 53.6 Å². The lowest BCUT2D eigenvalue weighted by molar-refractivity contribution is -0.130. The first-order chi connectivity index (χ1) is 19.8. The number of carbonyl (C=O) groups excluding carboxylic acids is 1. The van der Waals surface area contributed by atoms with E-state index in [4.69, 9.17) is 24.7 Å². The van der Waals surface area contributed by atoms with Crippen LogP contribution in [-0.2, 0) is 30.7 Å². The van der Waals surface area contributed by atoms with Crippen molar-refractivity contribution < 1.29 is 46.0 Å². The molecular formula is C28H35F2N3O8S. The van der Waals surface area contributed by atoms with Gasteiger partial charge in [0.05, 0.1) is 36.4 Å². The van der Waals surface area contributed by atoms with Gasteiger partial charge in [0.15, 0.2) is 23.5 Å². The fraction of sp³-hybridized carbons (Fsp3) is 0.536. The highest BCUT2D eigenvalue weighted by atomic mass is 32.2. The van der Waals surface area contributed by atoms with Crippen LogP contribution in [0.1, 0.15) is 25.8 Å². The number of hydrogen-bond donors (Lipinski definition) is 3. The van der Waals surface area contributed by atoms with Crippen molar-refractivity contribution in [3.63, 3.8) is 0 Å². The van der Waals surface area contributed by atoms with Crippen LogP contribution in [0.3, 0.4) is 0 Å². The van der Waals surface area contributed by atoms with Gasteiger partial charge in [0, 0.05) is 25.1 Å². The van der Waals surface area contributed by atoms with Gasteiger partial charge in [-0.15, -0.1) is 0 Å². The molecule has 1 amide bonds. The number of hydrogen-bond acceptors (Lipinski definition) is 9. The van der Waals surface area contributed by atoms with Crippen molar-refractivity contribution in [2.45, 2.75) is 61.7 Å². The van der Waals surface area contributed by atoms with Gasteiger partial charge in [0.1, 0.15) is 11.9 Å². The first kappa shape index (κ1) is 30.4. The minimum absolute atomic E-state index is 0.0207. The van der Waals surface area contributed by atoms with E-state index in [-0.39, 0.29) is 46.7 Å². The molecule has 2 bridgehead atoms. The summed E-state index contributed by atoms with van der Waals surface area (Å²) in [5.41, 5.74) is 5.75. The van der Waals surface area contributed by atoms with Crippen LogP contribution in [0.25, 0.3) is 0 Å². The highest BCUT2D eigenvalue weighted by Gasteiger charge is 2.77. The van der Waals surface area contributed by atoms with Crippen LogP contribution in [0.2, 0.25) is 0 Å². The molecule has 4 N–H and O–H groups in total. The van der Waals surface area contributed by atoms with Crippen LogP contribution in [0.15, 0.2) is 41.3 Å². The van der Waals surface area contributed by atoms with Gasteiger partial charge in [-0.2, -0.15) is 4.31 Å². The van der Waals surface area contributed by atoms with Crippen molar-refractivity contribution in [1.82, 2.24) is 9.62 Å². The van der Waals surface area contributed by atoms with Crippen LogP contribution in [0.4, 0.5) is 19.3 Å². The lowest BCUT2D eigenvalue weighted by Gasteiger charge is -2.44. The summed E-state index contributed by atoms with van der Waals surface area (Å²) in [6, 6.07) is 6.14. The fourth-order valence-corrected chi connectivity index (χ4v) is 7.27. The third kappa shape index (κ3) is 5.91. The number of nitrogen functional groups attached to an aromatic ring is 1. The number of benzene rings is 2. The number of aliphatic hydroxyl groups excluding tert-OH is 1. The molecule has 6 atom stereocenters. The van der Waals surface area contributed by atoms with Gasteiger partial charge in [-0.05, 0) is 48.6 Å². The minimum Gasteiger partial charge on any atom is -0.495 e. The monoisotopic (exact) mass is 611 g/mol. The number of amides is 1.